The molecule has 2 amide bonds. The highest BCUT2D eigenvalue weighted by Crippen LogP contribution is 2.29. The zero-order valence-corrected chi connectivity index (χ0v) is 17.2. The highest BCUT2D eigenvalue weighted by atomic mass is 35.5. The molecule has 0 aliphatic heterocycles. The van der Waals surface area contributed by atoms with Gasteiger partial charge in [0.15, 0.2) is 0 Å². The largest absolute Gasteiger partial charge is 0.444 e. The fourth-order valence-corrected chi connectivity index (χ4v) is 2.47. The van der Waals surface area contributed by atoms with Gasteiger partial charge in [-0.25, -0.2) is 13.6 Å². The molecule has 0 radical (unpaired) electrons. The maximum Gasteiger partial charge on any atom is 0.408 e. The van der Waals surface area contributed by atoms with Gasteiger partial charge >= 0.3 is 6.09 Å². The Labute approximate surface area is 172 Å². The number of benzene rings is 2. The Hall–Kier alpha value is -2.87. The first-order valence-corrected chi connectivity index (χ1v) is 9.14. The number of amides is 2. The predicted octanol–water partition coefficient (Wildman–Crippen LogP) is 5.21. The molecule has 9 heteroatoms. The summed E-state index contributed by atoms with van der Waals surface area (Å²) in [6, 6.07) is 6.60. The molecular weight excluding hydrogens is 404 g/mol. The molecule has 0 aliphatic carbocycles. The van der Waals surface area contributed by atoms with E-state index < -0.39 is 35.3 Å². The molecule has 0 heterocycles. The van der Waals surface area contributed by atoms with Gasteiger partial charge in [0.2, 0.25) is 5.91 Å². The van der Waals surface area contributed by atoms with Crippen LogP contribution in [0, 0.1) is 11.6 Å². The molecule has 1 atom stereocenters. The highest BCUT2D eigenvalue weighted by molar-refractivity contribution is 6.31. The summed E-state index contributed by atoms with van der Waals surface area (Å²) in [5.74, 6) is -2.03. The summed E-state index contributed by atoms with van der Waals surface area (Å²) in [7, 11) is 0. The lowest BCUT2D eigenvalue weighted by Crippen LogP contribution is -2.44. The van der Waals surface area contributed by atoms with Gasteiger partial charge in [0.1, 0.15) is 23.3 Å². The molecule has 2 aromatic rings. The molecule has 0 aliphatic rings. The van der Waals surface area contributed by atoms with E-state index in [-0.39, 0.29) is 5.69 Å². The molecule has 0 aromatic heterocycles. The molecule has 0 spiro atoms. The molecule has 2 rings (SSSR count). The second-order valence-corrected chi connectivity index (χ2v) is 7.77. The van der Waals surface area contributed by atoms with Crippen molar-refractivity contribution in [1.82, 2.24) is 5.32 Å². The summed E-state index contributed by atoms with van der Waals surface area (Å²) < 4.78 is 32.0. The summed E-state index contributed by atoms with van der Waals surface area (Å²) in [6.45, 7) is 6.61. The van der Waals surface area contributed by atoms with E-state index in [2.05, 4.69) is 16.0 Å². The van der Waals surface area contributed by atoms with Crippen LogP contribution in [-0.2, 0) is 9.53 Å². The number of ether oxygens (including phenoxy) is 1. The molecule has 0 fully saturated rings. The third kappa shape index (κ3) is 7.23. The quantitative estimate of drug-likeness (QED) is 0.614. The number of halogens is 3. The van der Waals surface area contributed by atoms with Gasteiger partial charge in [-0.1, -0.05) is 11.6 Å². The third-order valence-corrected chi connectivity index (χ3v) is 3.74. The Morgan fingerprint density at radius 3 is 2.24 bits per heavy atom. The lowest BCUT2D eigenvalue weighted by molar-refractivity contribution is -0.117. The van der Waals surface area contributed by atoms with Crippen molar-refractivity contribution < 1.29 is 23.1 Å². The summed E-state index contributed by atoms with van der Waals surface area (Å²) in [6.07, 6.45) is -0.732. The van der Waals surface area contributed by atoms with Crippen LogP contribution < -0.4 is 16.0 Å². The Morgan fingerprint density at radius 2 is 1.66 bits per heavy atom. The van der Waals surface area contributed by atoms with Crippen molar-refractivity contribution in [3.63, 3.8) is 0 Å². The Morgan fingerprint density at radius 1 is 1.03 bits per heavy atom. The minimum atomic E-state index is -0.903. The maximum absolute atomic E-state index is 13.4. The van der Waals surface area contributed by atoms with Crippen LogP contribution in [0.2, 0.25) is 5.02 Å². The van der Waals surface area contributed by atoms with E-state index in [9.17, 15) is 18.4 Å². The number of anilines is 3. The van der Waals surface area contributed by atoms with E-state index in [1.807, 2.05) is 0 Å². The van der Waals surface area contributed by atoms with Crippen LogP contribution in [0.5, 0.6) is 0 Å². The van der Waals surface area contributed by atoms with Crippen molar-refractivity contribution in [1.29, 1.82) is 0 Å². The standard InChI is InChI=1S/C20H22ClF2N3O3/c1-11(24-19(28)29-20(2,3)4)18(27)26-16-6-5-12(21)7-17(16)25-15-9-13(22)8-14(23)10-15/h5-11,25H,1-4H3,(H,24,28)(H,26,27)/t11-/m0/s1. The third-order valence-electron chi connectivity index (χ3n) is 3.51. The average molecular weight is 426 g/mol. The van der Waals surface area contributed by atoms with E-state index in [1.54, 1.807) is 26.8 Å². The van der Waals surface area contributed by atoms with E-state index >= 15 is 0 Å². The number of hydrogen-bond acceptors (Lipinski definition) is 4. The maximum atomic E-state index is 13.4. The van der Waals surface area contributed by atoms with E-state index in [1.165, 1.54) is 19.1 Å². The lowest BCUT2D eigenvalue weighted by Gasteiger charge is -2.22. The first kappa shape index (κ1) is 22.4. The molecular formula is C20H22ClF2N3O3. The predicted molar refractivity (Wildman–Crippen MR) is 109 cm³/mol. The highest BCUT2D eigenvalue weighted by Gasteiger charge is 2.21. The fourth-order valence-electron chi connectivity index (χ4n) is 2.30. The summed E-state index contributed by atoms with van der Waals surface area (Å²) in [5, 5.41) is 8.24. The Bertz CT molecular complexity index is 896. The Balaban J connectivity index is 2.14. The van der Waals surface area contributed by atoms with Crippen molar-refractivity contribution in [2.75, 3.05) is 10.6 Å². The number of hydrogen-bond donors (Lipinski definition) is 3. The van der Waals surface area contributed by atoms with Gasteiger partial charge in [0.05, 0.1) is 11.4 Å². The average Bonchev–Trinajstić information content (AvgIpc) is 2.54. The molecule has 29 heavy (non-hydrogen) atoms. The van der Waals surface area contributed by atoms with E-state index in [0.29, 0.717) is 16.4 Å². The minimum Gasteiger partial charge on any atom is -0.444 e. The molecule has 2 aromatic carbocycles. The molecule has 0 unspecified atom stereocenters. The first-order chi connectivity index (χ1) is 13.4. The van der Waals surface area contributed by atoms with Crippen molar-refractivity contribution in [2.24, 2.45) is 0 Å². The SMILES string of the molecule is C[C@H](NC(=O)OC(C)(C)C)C(=O)Nc1ccc(Cl)cc1Nc1cc(F)cc(F)c1. The summed E-state index contributed by atoms with van der Waals surface area (Å²) in [5.41, 5.74) is 0.0655. The number of rotatable bonds is 5. The molecule has 6 nitrogen and oxygen atoms in total. The van der Waals surface area contributed by atoms with E-state index in [4.69, 9.17) is 16.3 Å². The van der Waals surface area contributed by atoms with Crippen LogP contribution in [-0.4, -0.2) is 23.6 Å². The topological polar surface area (TPSA) is 79.5 Å². The van der Waals surface area contributed by atoms with Gasteiger partial charge in [-0.2, -0.15) is 0 Å². The monoisotopic (exact) mass is 425 g/mol. The number of nitrogens with one attached hydrogen (secondary N) is 3. The number of carbonyl (C=O) groups excluding carboxylic acids is 2. The normalized spacial score (nSPS) is 12.1. The van der Waals surface area contributed by atoms with Gasteiger partial charge in [0.25, 0.3) is 0 Å². The molecule has 3 N–H and O–H groups in total. The summed E-state index contributed by atoms with van der Waals surface area (Å²) >= 11 is 6.00. The van der Waals surface area contributed by atoms with Gasteiger partial charge in [-0.05, 0) is 58.0 Å². The van der Waals surface area contributed by atoms with E-state index in [0.717, 1.165) is 18.2 Å². The Kier molecular flexibility index (Phi) is 7.02. The van der Waals surface area contributed by atoms with Crippen LogP contribution in [0.25, 0.3) is 0 Å². The van der Waals surface area contributed by atoms with Gasteiger partial charge in [-0.3, -0.25) is 4.79 Å². The smallest absolute Gasteiger partial charge is 0.408 e. The zero-order chi connectivity index (χ0) is 21.8. The lowest BCUT2D eigenvalue weighted by atomic mass is 10.2. The summed E-state index contributed by atoms with van der Waals surface area (Å²) in [4.78, 5) is 24.3. The van der Waals surface area contributed by atoms with Gasteiger partial charge in [-0.15, -0.1) is 0 Å². The van der Waals surface area contributed by atoms with Gasteiger partial charge in [0, 0.05) is 16.8 Å². The second-order valence-electron chi connectivity index (χ2n) is 7.33. The second kappa shape index (κ2) is 9.09. The van der Waals surface area contributed by atoms with Gasteiger partial charge < -0.3 is 20.7 Å². The zero-order valence-electron chi connectivity index (χ0n) is 16.4. The molecule has 156 valence electrons. The molecule has 0 saturated heterocycles. The van der Waals surface area contributed by atoms with Crippen LogP contribution >= 0.6 is 11.6 Å². The van der Waals surface area contributed by atoms with Crippen molar-refractivity contribution in [3.8, 4) is 0 Å². The minimum absolute atomic E-state index is 0.139. The molecule has 0 saturated carbocycles. The fraction of sp³-hybridized carbons (Fsp3) is 0.300. The van der Waals surface area contributed by atoms with Crippen LogP contribution in [0.3, 0.4) is 0 Å². The number of alkyl carbamates (subject to hydrolysis) is 1. The first-order valence-electron chi connectivity index (χ1n) is 8.76. The van der Waals surface area contributed by atoms with Crippen molar-refractivity contribution in [2.45, 2.75) is 39.3 Å². The van der Waals surface area contributed by atoms with Crippen molar-refractivity contribution >= 4 is 40.7 Å². The molecule has 0 bridgehead atoms. The van der Waals surface area contributed by atoms with Crippen molar-refractivity contribution in [3.05, 3.63) is 53.1 Å². The number of carbonyl (C=O) groups is 2. The van der Waals surface area contributed by atoms with Crippen LogP contribution in [0.4, 0.5) is 30.6 Å². The van der Waals surface area contributed by atoms with Crippen LogP contribution in [0.15, 0.2) is 36.4 Å². The van der Waals surface area contributed by atoms with Crippen LogP contribution in [0.1, 0.15) is 27.7 Å².